The number of carbonyl (C=O) groups excluding carboxylic acids is 2. The second kappa shape index (κ2) is 10.2. The second-order valence-corrected chi connectivity index (χ2v) is 8.35. The minimum Gasteiger partial charge on any atom is -0.452 e. The van der Waals surface area contributed by atoms with Crippen molar-refractivity contribution in [1.82, 2.24) is 0 Å². The summed E-state index contributed by atoms with van der Waals surface area (Å²) in [6.45, 7) is 3.59. The number of hydrogen-bond donors (Lipinski definition) is 2. The fourth-order valence-electron chi connectivity index (χ4n) is 2.66. The molecule has 2 aromatic rings. The molecule has 0 fully saturated rings. The lowest BCUT2D eigenvalue weighted by atomic mass is 10.1. The number of hydrogen-bond acceptors (Lipinski definition) is 5. The average molecular weight is 419 g/mol. The van der Waals surface area contributed by atoms with Crippen molar-refractivity contribution in [3.63, 3.8) is 0 Å². The molecule has 3 N–H and O–H groups in total. The Bertz CT molecular complexity index is 955. The highest BCUT2D eigenvalue weighted by atomic mass is 32.2. The SMILES string of the molecule is CCCCc1ccc(CC(=O)O[C@@H](C)C(=O)Nc2cccc(S(N)(=O)=O)c2)cc1. The van der Waals surface area contributed by atoms with E-state index in [4.69, 9.17) is 9.88 Å². The Balaban J connectivity index is 1.89. The highest BCUT2D eigenvalue weighted by molar-refractivity contribution is 7.89. The zero-order valence-electron chi connectivity index (χ0n) is 16.6. The van der Waals surface area contributed by atoms with Gasteiger partial charge in [-0.3, -0.25) is 9.59 Å². The summed E-state index contributed by atoms with van der Waals surface area (Å²) in [4.78, 5) is 24.2. The van der Waals surface area contributed by atoms with Gasteiger partial charge in [-0.1, -0.05) is 43.7 Å². The molecule has 8 heteroatoms. The molecule has 156 valence electrons. The van der Waals surface area contributed by atoms with E-state index in [1.807, 2.05) is 24.3 Å². The van der Waals surface area contributed by atoms with E-state index in [9.17, 15) is 18.0 Å². The van der Waals surface area contributed by atoms with Crippen molar-refractivity contribution in [2.45, 2.75) is 50.5 Å². The van der Waals surface area contributed by atoms with Crippen molar-refractivity contribution < 1.29 is 22.7 Å². The van der Waals surface area contributed by atoms with Gasteiger partial charge in [0.1, 0.15) is 0 Å². The average Bonchev–Trinajstić information content (AvgIpc) is 2.67. The zero-order chi connectivity index (χ0) is 21.4. The van der Waals surface area contributed by atoms with Gasteiger partial charge in [0.15, 0.2) is 6.10 Å². The third kappa shape index (κ3) is 7.32. The first-order chi connectivity index (χ1) is 13.7. The highest BCUT2D eigenvalue weighted by Crippen LogP contribution is 2.15. The predicted octanol–water partition coefficient (Wildman–Crippen LogP) is 2.79. The maximum Gasteiger partial charge on any atom is 0.311 e. The number of carbonyl (C=O) groups is 2. The topological polar surface area (TPSA) is 116 Å². The van der Waals surface area contributed by atoms with Crippen molar-refractivity contribution in [3.8, 4) is 0 Å². The van der Waals surface area contributed by atoms with E-state index < -0.39 is 28.0 Å². The van der Waals surface area contributed by atoms with Gasteiger partial charge in [-0.2, -0.15) is 0 Å². The number of ether oxygens (including phenoxy) is 1. The minimum atomic E-state index is -3.88. The Morgan fingerprint density at radius 3 is 2.38 bits per heavy atom. The second-order valence-electron chi connectivity index (χ2n) is 6.79. The Morgan fingerprint density at radius 2 is 1.76 bits per heavy atom. The lowest BCUT2D eigenvalue weighted by molar-refractivity contribution is -0.152. The number of nitrogens with one attached hydrogen (secondary N) is 1. The molecule has 0 aliphatic heterocycles. The number of sulfonamides is 1. The van der Waals surface area contributed by atoms with E-state index in [2.05, 4.69) is 12.2 Å². The maximum atomic E-state index is 12.2. The van der Waals surface area contributed by atoms with Crippen molar-refractivity contribution in [2.24, 2.45) is 5.14 Å². The molecule has 0 aliphatic carbocycles. The number of rotatable bonds is 9. The first kappa shape index (κ1) is 22.6. The molecule has 2 aromatic carbocycles. The molecule has 1 amide bonds. The lowest BCUT2D eigenvalue weighted by Gasteiger charge is -2.14. The molecule has 0 aromatic heterocycles. The van der Waals surface area contributed by atoms with E-state index >= 15 is 0 Å². The molecule has 0 bridgehead atoms. The van der Waals surface area contributed by atoms with Crippen LogP contribution in [0.3, 0.4) is 0 Å². The molecular formula is C21H26N2O5S. The number of unbranched alkanes of at least 4 members (excludes halogenated alkanes) is 1. The van der Waals surface area contributed by atoms with E-state index in [-0.39, 0.29) is 17.0 Å². The fraction of sp³-hybridized carbons (Fsp3) is 0.333. The number of amides is 1. The molecule has 0 aliphatic rings. The van der Waals surface area contributed by atoms with Crippen LogP contribution in [0.2, 0.25) is 0 Å². The summed E-state index contributed by atoms with van der Waals surface area (Å²) in [5.41, 5.74) is 2.27. The predicted molar refractivity (Wildman–Crippen MR) is 111 cm³/mol. The summed E-state index contributed by atoms with van der Waals surface area (Å²) in [5, 5.41) is 7.59. The standard InChI is InChI=1S/C21H26N2O5S/c1-3-4-6-16-9-11-17(12-10-16)13-20(24)28-15(2)21(25)23-18-7-5-8-19(14-18)29(22,26)27/h5,7-12,14-15H,3-4,6,13H2,1-2H3,(H,23,25)(H2,22,26,27)/t15-/m0/s1. The van der Waals surface area contributed by atoms with Crippen LogP contribution in [0.4, 0.5) is 5.69 Å². The molecule has 2 rings (SSSR count). The Labute approximate surface area is 171 Å². The molecule has 0 spiro atoms. The Morgan fingerprint density at radius 1 is 1.10 bits per heavy atom. The van der Waals surface area contributed by atoms with Gasteiger partial charge in [-0.15, -0.1) is 0 Å². The van der Waals surface area contributed by atoms with Crippen molar-refractivity contribution >= 4 is 27.6 Å². The van der Waals surface area contributed by atoms with Crippen LogP contribution in [0.15, 0.2) is 53.4 Å². The number of benzene rings is 2. The van der Waals surface area contributed by atoms with Gasteiger partial charge in [0.25, 0.3) is 5.91 Å². The summed E-state index contributed by atoms with van der Waals surface area (Å²) in [5.74, 6) is -1.09. The molecule has 0 saturated carbocycles. The molecule has 0 unspecified atom stereocenters. The van der Waals surface area contributed by atoms with Crippen molar-refractivity contribution in [1.29, 1.82) is 0 Å². The van der Waals surface area contributed by atoms with Crippen molar-refractivity contribution in [2.75, 3.05) is 5.32 Å². The molecule has 0 saturated heterocycles. The van der Waals surface area contributed by atoms with Gasteiger partial charge in [-0.25, -0.2) is 13.6 Å². The third-order valence-electron chi connectivity index (χ3n) is 4.30. The third-order valence-corrected chi connectivity index (χ3v) is 5.21. The summed E-state index contributed by atoms with van der Waals surface area (Å²) in [6.07, 6.45) is 2.27. The summed E-state index contributed by atoms with van der Waals surface area (Å²) >= 11 is 0. The summed E-state index contributed by atoms with van der Waals surface area (Å²) in [6, 6.07) is 13.3. The van der Waals surface area contributed by atoms with Crippen LogP contribution in [0.1, 0.15) is 37.8 Å². The first-order valence-electron chi connectivity index (χ1n) is 9.40. The lowest BCUT2D eigenvalue weighted by Crippen LogP contribution is -2.30. The Kier molecular flexibility index (Phi) is 7.92. The normalized spacial score (nSPS) is 12.2. The quantitative estimate of drug-likeness (QED) is 0.608. The maximum absolute atomic E-state index is 12.2. The van der Waals surface area contributed by atoms with Crippen LogP contribution in [-0.2, 0) is 37.2 Å². The van der Waals surface area contributed by atoms with Gasteiger partial charge in [0.2, 0.25) is 10.0 Å². The van der Waals surface area contributed by atoms with E-state index in [0.717, 1.165) is 24.8 Å². The van der Waals surface area contributed by atoms with E-state index in [1.165, 1.54) is 36.8 Å². The van der Waals surface area contributed by atoms with Gasteiger partial charge < -0.3 is 10.1 Å². The van der Waals surface area contributed by atoms with Gasteiger partial charge in [-0.05, 0) is 49.1 Å². The van der Waals surface area contributed by atoms with E-state index in [0.29, 0.717) is 0 Å². The van der Waals surface area contributed by atoms with Crippen LogP contribution in [-0.4, -0.2) is 26.4 Å². The number of esters is 1. The first-order valence-corrected chi connectivity index (χ1v) is 10.9. The zero-order valence-corrected chi connectivity index (χ0v) is 17.4. The monoisotopic (exact) mass is 418 g/mol. The smallest absolute Gasteiger partial charge is 0.311 e. The van der Waals surface area contributed by atoms with Gasteiger partial charge >= 0.3 is 5.97 Å². The largest absolute Gasteiger partial charge is 0.452 e. The van der Waals surface area contributed by atoms with Crippen LogP contribution >= 0.6 is 0 Å². The Hall–Kier alpha value is -2.71. The fourth-order valence-corrected chi connectivity index (χ4v) is 3.22. The molecule has 0 radical (unpaired) electrons. The number of anilines is 1. The number of primary sulfonamides is 1. The van der Waals surface area contributed by atoms with Crippen LogP contribution < -0.4 is 10.5 Å². The van der Waals surface area contributed by atoms with Crippen molar-refractivity contribution in [3.05, 3.63) is 59.7 Å². The van der Waals surface area contributed by atoms with Gasteiger partial charge in [0.05, 0.1) is 11.3 Å². The molecule has 0 heterocycles. The highest BCUT2D eigenvalue weighted by Gasteiger charge is 2.19. The molecular weight excluding hydrogens is 392 g/mol. The van der Waals surface area contributed by atoms with Gasteiger partial charge in [0, 0.05) is 5.69 Å². The van der Waals surface area contributed by atoms with Crippen LogP contribution in [0.25, 0.3) is 0 Å². The molecule has 29 heavy (non-hydrogen) atoms. The molecule has 7 nitrogen and oxygen atoms in total. The number of nitrogens with two attached hydrogens (primary N) is 1. The summed E-state index contributed by atoms with van der Waals surface area (Å²) in [7, 11) is -3.88. The van der Waals surface area contributed by atoms with Crippen LogP contribution in [0.5, 0.6) is 0 Å². The minimum absolute atomic E-state index is 0.0621. The summed E-state index contributed by atoms with van der Waals surface area (Å²) < 4.78 is 28.0. The number of aryl methyl sites for hydroxylation is 1. The molecule has 1 atom stereocenters. The van der Waals surface area contributed by atoms with E-state index in [1.54, 1.807) is 0 Å². The van der Waals surface area contributed by atoms with Crippen LogP contribution in [0, 0.1) is 0 Å².